The highest BCUT2D eigenvalue weighted by Crippen LogP contribution is 2.28. The number of benzene rings is 2. The number of nitrogens with zero attached hydrogens (tertiary/aromatic N) is 2. The van der Waals surface area contributed by atoms with Crippen molar-refractivity contribution >= 4 is 28.9 Å². The van der Waals surface area contributed by atoms with Crippen molar-refractivity contribution in [2.75, 3.05) is 16.8 Å². The molecule has 1 aliphatic heterocycles. The van der Waals surface area contributed by atoms with Crippen molar-refractivity contribution in [1.82, 2.24) is 0 Å². The molecule has 3 rings (SSSR count). The van der Waals surface area contributed by atoms with Crippen molar-refractivity contribution in [3.8, 4) is 0 Å². The Morgan fingerprint density at radius 2 is 1.96 bits per heavy atom. The third-order valence-electron chi connectivity index (χ3n) is 4.62. The predicted octanol–water partition coefficient (Wildman–Crippen LogP) is 3.20. The third-order valence-corrected chi connectivity index (χ3v) is 4.62. The van der Waals surface area contributed by atoms with Crippen LogP contribution in [0.4, 0.5) is 17.1 Å². The normalized spacial score (nSPS) is 16.6. The molecule has 0 spiro atoms. The average Bonchev–Trinajstić information content (AvgIpc) is 3.00. The molecule has 1 saturated heterocycles. The van der Waals surface area contributed by atoms with E-state index < -0.39 is 10.8 Å². The highest BCUT2D eigenvalue weighted by molar-refractivity contribution is 6.03. The average molecular weight is 353 g/mol. The SMILES string of the molecule is Cc1ccc(NC(=O)[C@@H]2CC(=O)N(c3cccc([N+](=O)[O-])c3)C2)cc1C. The minimum Gasteiger partial charge on any atom is -0.326 e. The molecule has 0 aliphatic carbocycles. The fourth-order valence-electron chi connectivity index (χ4n) is 2.97. The van der Waals surface area contributed by atoms with Gasteiger partial charge in [-0.05, 0) is 43.2 Å². The summed E-state index contributed by atoms with van der Waals surface area (Å²) in [7, 11) is 0. The number of carbonyl (C=O) groups excluding carboxylic acids is 2. The molecule has 0 bridgehead atoms. The molecule has 1 atom stereocenters. The number of non-ortho nitro benzene ring substituents is 1. The maximum atomic E-state index is 12.5. The molecular weight excluding hydrogens is 334 g/mol. The van der Waals surface area contributed by atoms with Gasteiger partial charge in [0.25, 0.3) is 5.69 Å². The quantitative estimate of drug-likeness (QED) is 0.675. The first-order chi connectivity index (χ1) is 12.3. The van der Waals surface area contributed by atoms with Gasteiger partial charge in [0.2, 0.25) is 11.8 Å². The number of hydrogen-bond acceptors (Lipinski definition) is 4. The maximum absolute atomic E-state index is 12.5. The standard InChI is InChI=1S/C19H19N3O4/c1-12-6-7-15(8-13(12)2)20-19(24)14-9-18(23)21(11-14)16-4-3-5-17(10-16)22(25)26/h3-8,10,14H,9,11H2,1-2H3,(H,20,24)/t14-/m1/s1. The number of nitro benzene ring substituents is 1. The topological polar surface area (TPSA) is 92.6 Å². The van der Waals surface area contributed by atoms with E-state index >= 15 is 0 Å². The van der Waals surface area contributed by atoms with Gasteiger partial charge in [-0.1, -0.05) is 12.1 Å². The summed E-state index contributed by atoms with van der Waals surface area (Å²) in [5, 5.41) is 13.8. The summed E-state index contributed by atoms with van der Waals surface area (Å²) in [6.45, 7) is 4.16. The van der Waals surface area contributed by atoms with Crippen LogP contribution in [-0.2, 0) is 9.59 Å². The van der Waals surface area contributed by atoms with Crippen LogP contribution < -0.4 is 10.2 Å². The van der Waals surface area contributed by atoms with Crippen LogP contribution in [0.3, 0.4) is 0 Å². The maximum Gasteiger partial charge on any atom is 0.271 e. The number of hydrogen-bond donors (Lipinski definition) is 1. The Kier molecular flexibility index (Phi) is 4.71. The Labute approximate surface area is 150 Å². The molecule has 2 aromatic carbocycles. The molecule has 26 heavy (non-hydrogen) atoms. The molecule has 7 heteroatoms. The predicted molar refractivity (Wildman–Crippen MR) is 98.1 cm³/mol. The molecule has 0 saturated carbocycles. The van der Waals surface area contributed by atoms with Gasteiger partial charge in [0.05, 0.1) is 16.5 Å². The molecule has 7 nitrogen and oxygen atoms in total. The van der Waals surface area contributed by atoms with E-state index in [4.69, 9.17) is 0 Å². The molecule has 0 aromatic heterocycles. The van der Waals surface area contributed by atoms with Crippen LogP contribution in [0.2, 0.25) is 0 Å². The summed E-state index contributed by atoms with van der Waals surface area (Å²) in [4.78, 5) is 36.6. The van der Waals surface area contributed by atoms with E-state index in [1.165, 1.54) is 23.1 Å². The van der Waals surface area contributed by atoms with Crippen molar-refractivity contribution in [1.29, 1.82) is 0 Å². The van der Waals surface area contributed by atoms with Gasteiger partial charge in [0.1, 0.15) is 0 Å². The van der Waals surface area contributed by atoms with Gasteiger partial charge in [-0.2, -0.15) is 0 Å². The van der Waals surface area contributed by atoms with Crippen LogP contribution in [0.5, 0.6) is 0 Å². The molecular formula is C19H19N3O4. The Morgan fingerprint density at radius 3 is 2.65 bits per heavy atom. The summed E-state index contributed by atoms with van der Waals surface area (Å²) >= 11 is 0. The Bertz CT molecular complexity index is 894. The van der Waals surface area contributed by atoms with Crippen LogP contribution in [0, 0.1) is 29.9 Å². The van der Waals surface area contributed by atoms with Gasteiger partial charge in [-0.15, -0.1) is 0 Å². The van der Waals surface area contributed by atoms with E-state index in [9.17, 15) is 19.7 Å². The summed E-state index contributed by atoms with van der Waals surface area (Å²) in [5.41, 5.74) is 3.25. The van der Waals surface area contributed by atoms with Crippen molar-refractivity contribution in [3.63, 3.8) is 0 Å². The third kappa shape index (κ3) is 3.56. The molecule has 1 N–H and O–H groups in total. The molecule has 134 valence electrons. The lowest BCUT2D eigenvalue weighted by Gasteiger charge is -2.16. The van der Waals surface area contributed by atoms with Gasteiger partial charge in [-0.25, -0.2) is 0 Å². The van der Waals surface area contributed by atoms with Crippen molar-refractivity contribution in [2.45, 2.75) is 20.3 Å². The second-order valence-electron chi connectivity index (χ2n) is 6.47. The van der Waals surface area contributed by atoms with E-state index in [1.807, 2.05) is 32.0 Å². The Balaban J connectivity index is 1.72. The number of aryl methyl sites for hydroxylation is 2. The van der Waals surface area contributed by atoms with Crippen molar-refractivity contribution in [3.05, 3.63) is 63.7 Å². The number of anilines is 2. The van der Waals surface area contributed by atoms with Crippen molar-refractivity contribution < 1.29 is 14.5 Å². The van der Waals surface area contributed by atoms with E-state index in [-0.39, 0.29) is 30.5 Å². The van der Waals surface area contributed by atoms with Crippen LogP contribution in [0.15, 0.2) is 42.5 Å². The second kappa shape index (κ2) is 6.95. The zero-order valence-corrected chi connectivity index (χ0v) is 14.6. The molecule has 2 aromatic rings. The molecule has 2 amide bonds. The zero-order valence-electron chi connectivity index (χ0n) is 14.6. The first kappa shape index (κ1) is 17.6. The number of nitro groups is 1. The number of amides is 2. The smallest absolute Gasteiger partial charge is 0.271 e. The van der Waals surface area contributed by atoms with Gasteiger partial charge in [0.15, 0.2) is 0 Å². The van der Waals surface area contributed by atoms with Gasteiger partial charge >= 0.3 is 0 Å². The van der Waals surface area contributed by atoms with Crippen LogP contribution >= 0.6 is 0 Å². The lowest BCUT2D eigenvalue weighted by Crippen LogP contribution is -2.28. The number of carbonyl (C=O) groups is 2. The highest BCUT2D eigenvalue weighted by atomic mass is 16.6. The van der Waals surface area contributed by atoms with Crippen LogP contribution in [-0.4, -0.2) is 23.3 Å². The van der Waals surface area contributed by atoms with E-state index in [0.29, 0.717) is 11.4 Å². The van der Waals surface area contributed by atoms with Crippen molar-refractivity contribution in [2.24, 2.45) is 5.92 Å². The summed E-state index contributed by atoms with van der Waals surface area (Å²) in [6.07, 6.45) is 0.0827. The minimum absolute atomic E-state index is 0.0827. The first-order valence-corrected chi connectivity index (χ1v) is 8.28. The molecule has 1 fully saturated rings. The lowest BCUT2D eigenvalue weighted by molar-refractivity contribution is -0.384. The highest BCUT2D eigenvalue weighted by Gasteiger charge is 2.35. The lowest BCUT2D eigenvalue weighted by atomic mass is 10.1. The number of rotatable bonds is 4. The Morgan fingerprint density at radius 1 is 1.19 bits per heavy atom. The fraction of sp³-hybridized carbons (Fsp3) is 0.263. The van der Waals surface area contributed by atoms with E-state index in [2.05, 4.69) is 5.32 Å². The summed E-state index contributed by atoms with van der Waals surface area (Å²) in [6, 6.07) is 11.5. The summed E-state index contributed by atoms with van der Waals surface area (Å²) in [5.74, 6) is -0.941. The van der Waals surface area contributed by atoms with E-state index in [1.54, 1.807) is 6.07 Å². The van der Waals surface area contributed by atoms with Crippen LogP contribution in [0.1, 0.15) is 17.5 Å². The molecule has 0 unspecified atom stereocenters. The first-order valence-electron chi connectivity index (χ1n) is 8.28. The zero-order chi connectivity index (χ0) is 18.8. The van der Waals surface area contributed by atoms with Crippen LogP contribution in [0.25, 0.3) is 0 Å². The minimum atomic E-state index is -0.506. The molecule has 1 aliphatic rings. The number of nitrogens with one attached hydrogen (secondary N) is 1. The Hall–Kier alpha value is -3.22. The van der Waals surface area contributed by atoms with Gasteiger partial charge in [0, 0.05) is 30.8 Å². The van der Waals surface area contributed by atoms with Gasteiger partial charge < -0.3 is 10.2 Å². The van der Waals surface area contributed by atoms with E-state index in [0.717, 1.165) is 11.1 Å². The molecule has 0 radical (unpaired) electrons. The summed E-state index contributed by atoms with van der Waals surface area (Å²) < 4.78 is 0. The van der Waals surface area contributed by atoms with Gasteiger partial charge in [-0.3, -0.25) is 19.7 Å². The fourth-order valence-corrected chi connectivity index (χ4v) is 2.97. The molecule has 1 heterocycles. The second-order valence-corrected chi connectivity index (χ2v) is 6.47. The monoisotopic (exact) mass is 353 g/mol. The largest absolute Gasteiger partial charge is 0.326 e.